The normalized spacial score (nSPS) is 12.2. The van der Waals surface area contributed by atoms with Gasteiger partial charge in [-0.1, -0.05) is 11.2 Å². The highest BCUT2D eigenvalue weighted by Crippen LogP contribution is 2.29. The number of hydrogen-bond acceptors (Lipinski definition) is 6. The summed E-state index contributed by atoms with van der Waals surface area (Å²) in [6.45, 7) is 6.00. The Balaban J connectivity index is 1.80. The molecule has 0 aliphatic carbocycles. The van der Waals surface area contributed by atoms with Gasteiger partial charge in [0.15, 0.2) is 17.3 Å². The van der Waals surface area contributed by atoms with Crippen LogP contribution in [0.25, 0.3) is 0 Å². The van der Waals surface area contributed by atoms with Crippen LogP contribution in [0, 0.1) is 13.8 Å². The zero-order valence-corrected chi connectivity index (χ0v) is 15.1. The van der Waals surface area contributed by atoms with Crippen LogP contribution in [0.4, 0.5) is 0 Å². The Kier molecular flexibility index (Phi) is 4.74. The minimum absolute atomic E-state index is 0.00889. The second-order valence-electron chi connectivity index (χ2n) is 5.98. The number of rotatable bonds is 6. The monoisotopic (exact) mass is 342 g/mol. The molecule has 3 aromatic rings. The van der Waals surface area contributed by atoms with E-state index in [1.165, 1.54) is 0 Å². The molecule has 0 saturated carbocycles. The van der Waals surface area contributed by atoms with Crippen LogP contribution < -0.4 is 9.47 Å². The second-order valence-corrected chi connectivity index (χ2v) is 5.98. The highest BCUT2D eigenvalue weighted by molar-refractivity contribution is 5.43. The van der Waals surface area contributed by atoms with Crippen LogP contribution >= 0.6 is 0 Å². The van der Waals surface area contributed by atoms with Gasteiger partial charge in [-0.25, -0.2) is 0 Å². The highest BCUT2D eigenvalue weighted by atomic mass is 16.5. The third-order valence-electron chi connectivity index (χ3n) is 4.28. The summed E-state index contributed by atoms with van der Waals surface area (Å²) in [5, 5.41) is 11.3. The van der Waals surface area contributed by atoms with E-state index < -0.39 is 0 Å². The lowest BCUT2D eigenvalue weighted by Crippen LogP contribution is -2.00. The molecule has 0 aliphatic heterocycles. The van der Waals surface area contributed by atoms with Gasteiger partial charge < -0.3 is 14.0 Å². The van der Waals surface area contributed by atoms with Gasteiger partial charge >= 0.3 is 0 Å². The number of hydrogen-bond donors (Lipinski definition) is 1. The Labute approximate surface area is 146 Å². The predicted molar refractivity (Wildman–Crippen MR) is 92.2 cm³/mol. The van der Waals surface area contributed by atoms with Crippen LogP contribution in [0.15, 0.2) is 22.7 Å². The van der Waals surface area contributed by atoms with Crippen molar-refractivity contribution in [1.29, 1.82) is 0 Å². The van der Waals surface area contributed by atoms with Gasteiger partial charge in [0.25, 0.3) is 0 Å². The van der Waals surface area contributed by atoms with Gasteiger partial charge in [0, 0.05) is 17.7 Å². The molecule has 132 valence electrons. The van der Waals surface area contributed by atoms with Gasteiger partial charge in [-0.15, -0.1) is 0 Å². The Morgan fingerprint density at radius 1 is 1.16 bits per heavy atom. The molecule has 0 fully saturated rings. The lowest BCUT2D eigenvalue weighted by molar-refractivity contribution is 0.354. The Morgan fingerprint density at radius 3 is 2.56 bits per heavy atom. The molecule has 0 bridgehead atoms. The van der Waals surface area contributed by atoms with Crippen molar-refractivity contribution < 1.29 is 14.0 Å². The van der Waals surface area contributed by atoms with E-state index in [0.29, 0.717) is 29.6 Å². The number of methoxy groups -OCH3 is 2. The first kappa shape index (κ1) is 17.0. The van der Waals surface area contributed by atoms with E-state index in [4.69, 9.17) is 14.0 Å². The van der Waals surface area contributed by atoms with Crippen molar-refractivity contribution >= 4 is 0 Å². The molecule has 7 heteroatoms. The maximum Gasteiger partial charge on any atom is 0.234 e. The molecule has 0 radical (unpaired) electrons. The fourth-order valence-electron chi connectivity index (χ4n) is 3.01. The number of ether oxygens (including phenoxy) is 2. The van der Waals surface area contributed by atoms with Crippen LogP contribution in [0.3, 0.4) is 0 Å². The van der Waals surface area contributed by atoms with E-state index >= 15 is 0 Å². The van der Waals surface area contributed by atoms with Crippen LogP contribution in [0.2, 0.25) is 0 Å². The topological polar surface area (TPSA) is 86.1 Å². The molecule has 7 nitrogen and oxygen atoms in total. The van der Waals surface area contributed by atoms with E-state index in [9.17, 15) is 0 Å². The standard InChI is InChI=1S/C18H22N4O3/c1-10(17-11(2)20-21-12(17)3)18-19-16(22-25-18)9-13-6-7-14(23-4)15(8-13)24-5/h6-8,10H,9H2,1-5H3,(H,20,21). The second kappa shape index (κ2) is 6.96. The van der Waals surface area contributed by atoms with E-state index in [0.717, 1.165) is 22.5 Å². The quantitative estimate of drug-likeness (QED) is 0.740. The zero-order valence-electron chi connectivity index (χ0n) is 15.1. The summed E-state index contributed by atoms with van der Waals surface area (Å²) in [4.78, 5) is 4.55. The van der Waals surface area contributed by atoms with Gasteiger partial charge in [-0.05, 0) is 38.5 Å². The third kappa shape index (κ3) is 3.35. The average molecular weight is 342 g/mol. The molecule has 2 aromatic heterocycles. The fraction of sp³-hybridized carbons (Fsp3) is 0.389. The van der Waals surface area contributed by atoms with Gasteiger partial charge in [0.1, 0.15) is 0 Å². The summed E-state index contributed by atoms with van der Waals surface area (Å²) < 4.78 is 16.1. The van der Waals surface area contributed by atoms with Crippen molar-refractivity contribution in [2.24, 2.45) is 0 Å². The molecule has 0 spiro atoms. The first-order valence-electron chi connectivity index (χ1n) is 8.08. The number of nitrogens with one attached hydrogen (secondary N) is 1. The van der Waals surface area contributed by atoms with E-state index in [2.05, 4.69) is 20.3 Å². The van der Waals surface area contributed by atoms with Crippen molar-refractivity contribution in [3.63, 3.8) is 0 Å². The fourth-order valence-corrected chi connectivity index (χ4v) is 3.01. The first-order valence-corrected chi connectivity index (χ1v) is 8.08. The predicted octanol–water partition coefficient (Wildman–Crippen LogP) is 3.17. The van der Waals surface area contributed by atoms with Gasteiger partial charge in [0.2, 0.25) is 5.89 Å². The lowest BCUT2D eigenvalue weighted by atomic mass is 9.99. The SMILES string of the molecule is COc1ccc(Cc2noc(C(C)c3c(C)n[nH]c3C)n2)cc1OC. The van der Waals surface area contributed by atoms with Crippen molar-refractivity contribution in [2.75, 3.05) is 14.2 Å². The maximum atomic E-state index is 5.48. The highest BCUT2D eigenvalue weighted by Gasteiger charge is 2.22. The molecule has 1 unspecified atom stereocenters. The average Bonchev–Trinajstić information content (AvgIpc) is 3.21. The van der Waals surface area contributed by atoms with Crippen LogP contribution in [-0.4, -0.2) is 34.6 Å². The Hall–Kier alpha value is -2.83. The van der Waals surface area contributed by atoms with Crippen molar-refractivity contribution in [3.05, 3.63) is 52.4 Å². The molecule has 25 heavy (non-hydrogen) atoms. The minimum atomic E-state index is -0.00889. The molecular weight excluding hydrogens is 320 g/mol. The minimum Gasteiger partial charge on any atom is -0.493 e. The molecule has 2 heterocycles. The number of aromatic nitrogens is 4. The summed E-state index contributed by atoms with van der Waals surface area (Å²) in [5.41, 5.74) is 4.09. The van der Waals surface area contributed by atoms with Gasteiger partial charge in [0.05, 0.1) is 25.8 Å². The largest absolute Gasteiger partial charge is 0.493 e. The third-order valence-corrected chi connectivity index (χ3v) is 4.28. The molecule has 0 amide bonds. The number of benzene rings is 1. The summed E-state index contributed by atoms with van der Waals surface area (Å²) in [7, 11) is 3.23. The van der Waals surface area contributed by atoms with Crippen LogP contribution in [0.1, 0.15) is 47.1 Å². The first-order chi connectivity index (χ1) is 12.0. The number of aromatic amines is 1. The zero-order chi connectivity index (χ0) is 18.0. The number of aryl methyl sites for hydroxylation is 2. The summed E-state index contributed by atoms with van der Waals surface area (Å²) in [6, 6.07) is 5.75. The van der Waals surface area contributed by atoms with Crippen molar-refractivity contribution in [1.82, 2.24) is 20.3 Å². The molecule has 1 aromatic carbocycles. The molecule has 3 rings (SSSR count). The molecule has 0 aliphatic rings. The van der Waals surface area contributed by atoms with Crippen LogP contribution in [0.5, 0.6) is 11.5 Å². The van der Waals surface area contributed by atoms with Crippen molar-refractivity contribution in [3.8, 4) is 11.5 Å². The van der Waals surface area contributed by atoms with E-state index in [1.54, 1.807) is 14.2 Å². The maximum absolute atomic E-state index is 5.48. The Bertz CT molecular complexity index is 850. The van der Waals surface area contributed by atoms with Crippen LogP contribution in [-0.2, 0) is 6.42 Å². The van der Waals surface area contributed by atoms with Gasteiger partial charge in [-0.2, -0.15) is 10.1 Å². The molecule has 1 atom stereocenters. The summed E-state index contributed by atoms with van der Waals surface area (Å²) in [5.74, 6) is 2.59. The molecule has 1 N–H and O–H groups in total. The van der Waals surface area contributed by atoms with E-state index in [1.807, 2.05) is 39.0 Å². The number of nitrogens with zero attached hydrogens (tertiary/aromatic N) is 3. The summed E-state index contributed by atoms with van der Waals surface area (Å²) in [6.07, 6.45) is 0.555. The lowest BCUT2D eigenvalue weighted by Gasteiger charge is -2.08. The van der Waals surface area contributed by atoms with Gasteiger partial charge in [-0.3, -0.25) is 5.10 Å². The van der Waals surface area contributed by atoms with E-state index in [-0.39, 0.29) is 5.92 Å². The molecular formula is C18H22N4O3. The summed E-state index contributed by atoms with van der Waals surface area (Å²) >= 11 is 0. The van der Waals surface area contributed by atoms with Crippen molar-refractivity contribution in [2.45, 2.75) is 33.1 Å². The number of H-pyrrole nitrogens is 1. The smallest absolute Gasteiger partial charge is 0.234 e. The Morgan fingerprint density at radius 2 is 1.92 bits per heavy atom. The molecule has 0 saturated heterocycles.